The van der Waals surface area contributed by atoms with Gasteiger partial charge in [0.15, 0.2) is 17.5 Å². The van der Waals surface area contributed by atoms with E-state index in [0.29, 0.717) is 11.1 Å². The minimum Gasteiger partial charge on any atom is -0.456 e. The molecule has 4 nitrogen and oxygen atoms in total. The predicted octanol–water partition coefficient (Wildman–Crippen LogP) is -3.62. The van der Waals surface area contributed by atoms with Crippen LogP contribution in [0.3, 0.4) is 0 Å². The van der Waals surface area contributed by atoms with Gasteiger partial charge in [0, 0.05) is 27.5 Å². The quantitative estimate of drug-likeness (QED) is 0.204. The Morgan fingerprint density at radius 2 is 0.894 bits per heavy atom. The molecule has 0 aliphatic heterocycles. The van der Waals surface area contributed by atoms with E-state index in [1.54, 1.807) is 0 Å². The molecule has 47 heavy (non-hydrogen) atoms. The summed E-state index contributed by atoms with van der Waals surface area (Å²) in [5, 5.41) is 1.76. The van der Waals surface area contributed by atoms with Gasteiger partial charge < -0.3 is 4.42 Å². The van der Waals surface area contributed by atoms with Crippen molar-refractivity contribution in [1.82, 2.24) is 15.0 Å². The van der Waals surface area contributed by atoms with Gasteiger partial charge in [-0.1, -0.05) is 64.3 Å². The van der Waals surface area contributed by atoms with Gasteiger partial charge in [-0.2, -0.15) is 0 Å². The van der Waals surface area contributed by atoms with Crippen LogP contribution in [0.5, 0.6) is 0 Å². The van der Waals surface area contributed by atoms with Crippen molar-refractivity contribution in [3.8, 4) is 45.3 Å². The summed E-state index contributed by atoms with van der Waals surface area (Å²) in [6.07, 6.45) is 0. The second-order valence-corrected chi connectivity index (χ2v) is 11.1. The Labute approximate surface area is 285 Å². The first kappa shape index (κ1) is 31.2. The summed E-state index contributed by atoms with van der Waals surface area (Å²) in [6, 6.07) is 21.5. The van der Waals surface area contributed by atoms with Crippen LogP contribution in [0.4, 0.5) is 0 Å². The molecule has 0 atom stereocenters. The third-order valence-corrected chi connectivity index (χ3v) is 8.32. The fraction of sp³-hybridized carbons (Fsp3) is 0. The van der Waals surface area contributed by atoms with Crippen molar-refractivity contribution >= 4 is 155 Å². The lowest BCUT2D eigenvalue weighted by Gasteiger charge is -2.22. The second-order valence-electron chi connectivity index (χ2n) is 11.1. The topological polar surface area (TPSA) is 51.8 Å². The normalized spacial score (nSPS) is 11.4. The van der Waals surface area contributed by atoms with E-state index in [0.717, 1.165) is 27.5 Å². The van der Waals surface area contributed by atoms with Gasteiger partial charge in [0.05, 0.1) is 0 Å². The van der Waals surface area contributed by atoms with Crippen LogP contribution in [0.2, 0.25) is 0 Å². The van der Waals surface area contributed by atoms with Crippen molar-refractivity contribution < 1.29 is 4.42 Å². The molecule has 0 aliphatic rings. The minimum atomic E-state index is 0.0216. The molecule has 0 N–H and O–H groups in total. The number of furan rings is 1. The number of rotatable bonds is 4. The van der Waals surface area contributed by atoms with Gasteiger partial charge in [-0.25, -0.2) is 15.0 Å². The molecule has 0 saturated carbocycles. The highest BCUT2D eigenvalue weighted by Crippen LogP contribution is 2.38. The Hall–Kier alpha value is -4.44. The molecular weight excluding hydrogens is 563 g/mol. The van der Waals surface area contributed by atoms with Crippen LogP contribution in [0.25, 0.3) is 67.2 Å². The summed E-state index contributed by atoms with van der Waals surface area (Å²) in [6.45, 7) is 0. The highest BCUT2D eigenvalue weighted by Gasteiger charge is 2.22. The van der Waals surface area contributed by atoms with E-state index in [9.17, 15) is 0 Å². The summed E-state index contributed by atoms with van der Waals surface area (Å²) < 4.78 is 6.23. The second kappa shape index (κ2) is 11.7. The van der Waals surface area contributed by atoms with E-state index < -0.39 is 0 Å². The smallest absolute Gasteiger partial charge is 0.164 e. The molecule has 0 saturated heterocycles. The third-order valence-electron chi connectivity index (χ3n) is 8.32. The monoisotopic (exact) mass is 575 g/mol. The number of nitrogens with zero attached hydrogens (tertiary/aromatic N) is 3. The van der Waals surface area contributed by atoms with E-state index in [2.05, 4.69) is 4.98 Å². The first-order valence-electron chi connectivity index (χ1n) is 14.3. The number of hydrogen-bond donors (Lipinski definition) is 0. The van der Waals surface area contributed by atoms with E-state index in [-0.39, 0.29) is 83.2 Å². The van der Waals surface area contributed by atoms with E-state index in [4.69, 9.17) is 92.8 Å². The Morgan fingerprint density at radius 3 is 1.43 bits per heavy atom. The molecule has 0 spiro atoms. The predicted molar refractivity (Wildman–Crippen MR) is 203 cm³/mol. The Balaban J connectivity index is 1.54. The zero-order chi connectivity index (χ0) is 33.3. The van der Waals surface area contributed by atoms with Gasteiger partial charge in [-0.15, -0.1) is 32.8 Å². The standard InChI is InChI=1S/C33H11B10N3O/c34-21-19(22(35)26(39)29(42)25(21)38)32-44-31(45-33(46-32)20-23(36)27(40)30(43)28(41)24(20)37)13-9-10-16-15(11-13)18-14(7-4-8-17(18)47-16)12-5-2-1-3-6-12/h1-11H. The molecule has 20 radical (unpaired) electrons. The lowest BCUT2D eigenvalue weighted by Crippen LogP contribution is -2.55. The molecule has 0 amide bonds. The average molecular weight is 574 g/mol. The van der Waals surface area contributed by atoms with E-state index in [1.807, 2.05) is 66.7 Å². The highest BCUT2D eigenvalue weighted by atomic mass is 16.3. The van der Waals surface area contributed by atoms with Gasteiger partial charge in [-0.05, 0) is 35.4 Å². The molecular formula is C33H11B10N3O. The number of aromatic nitrogens is 3. The van der Waals surface area contributed by atoms with Crippen LogP contribution in [0, 0.1) is 0 Å². The average Bonchev–Trinajstić information content (AvgIpc) is 3.47. The Bertz CT molecular complexity index is 2280. The van der Waals surface area contributed by atoms with Crippen LogP contribution in [0.15, 0.2) is 71.1 Å². The van der Waals surface area contributed by atoms with E-state index >= 15 is 0 Å². The molecule has 194 valence electrons. The molecule has 0 bridgehead atoms. The number of benzene rings is 5. The molecule has 14 heteroatoms. The van der Waals surface area contributed by atoms with Crippen molar-refractivity contribution in [2.24, 2.45) is 0 Å². The SMILES string of the molecule is [B]c1c([B])c([B])c(-c2nc(-c3ccc4oc5cccc(-c6ccccc6)c5c4c3)nc(-c3c([B])c([B])c([B])c([B])c3[B])n2)c([B])c1[B]. The molecule has 2 heterocycles. The lowest BCUT2D eigenvalue weighted by atomic mass is 9.60. The van der Waals surface area contributed by atoms with Crippen molar-refractivity contribution in [2.45, 2.75) is 0 Å². The molecule has 0 fully saturated rings. The molecule has 0 unspecified atom stereocenters. The largest absolute Gasteiger partial charge is 0.456 e. The summed E-state index contributed by atoms with van der Waals surface area (Å²) in [5.41, 5.74) is 4.58. The van der Waals surface area contributed by atoms with Crippen molar-refractivity contribution in [3.63, 3.8) is 0 Å². The molecule has 0 aliphatic carbocycles. The summed E-state index contributed by atoms with van der Waals surface area (Å²) in [5.74, 6) is 0.251. The fourth-order valence-corrected chi connectivity index (χ4v) is 5.73. The molecule has 2 aromatic heterocycles. The van der Waals surface area contributed by atoms with Gasteiger partial charge >= 0.3 is 0 Å². The zero-order valence-electron chi connectivity index (χ0n) is 24.9. The maximum Gasteiger partial charge on any atom is 0.164 e. The first-order chi connectivity index (χ1) is 22.5. The Kier molecular flexibility index (Phi) is 7.74. The minimum absolute atomic E-state index is 0.0216. The van der Waals surface area contributed by atoms with Gasteiger partial charge in [-0.3, -0.25) is 0 Å². The van der Waals surface area contributed by atoms with Crippen LogP contribution in [-0.2, 0) is 0 Å². The van der Waals surface area contributed by atoms with Crippen molar-refractivity contribution in [1.29, 1.82) is 0 Å². The maximum atomic E-state index is 6.43. The summed E-state index contributed by atoms with van der Waals surface area (Å²) in [4.78, 5) is 14.2. The first-order valence-corrected chi connectivity index (χ1v) is 14.3. The molecule has 7 aromatic rings. The maximum absolute atomic E-state index is 6.43. The van der Waals surface area contributed by atoms with Crippen LogP contribution >= 0.6 is 0 Å². The van der Waals surface area contributed by atoms with Crippen LogP contribution < -0.4 is 54.6 Å². The number of hydrogen-bond acceptors (Lipinski definition) is 4. The third kappa shape index (κ3) is 4.96. The lowest BCUT2D eigenvalue weighted by molar-refractivity contribution is 0.669. The Morgan fingerprint density at radius 1 is 0.404 bits per heavy atom. The van der Waals surface area contributed by atoms with Gasteiger partial charge in [0.25, 0.3) is 0 Å². The van der Waals surface area contributed by atoms with Crippen molar-refractivity contribution in [3.05, 3.63) is 66.7 Å². The summed E-state index contributed by atoms with van der Waals surface area (Å²) in [7, 11) is 62.6. The summed E-state index contributed by atoms with van der Waals surface area (Å²) >= 11 is 0. The fourth-order valence-electron chi connectivity index (χ4n) is 5.73. The van der Waals surface area contributed by atoms with Crippen LogP contribution in [0.1, 0.15) is 0 Å². The van der Waals surface area contributed by atoms with Crippen molar-refractivity contribution in [2.75, 3.05) is 0 Å². The highest BCUT2D eigenvalue weighted by molar-refractivity contribution is 6.69. The van der Waals surface area contributed by atoms with E-state index in [1.165, 1.54) is 0 Å². The van der Waals surface area contributed by atoms with Gasteiger partial charge in [0.2, 0.25) is 0 Å². The molecule has 7 rings (SSSR count). The van der Waals surface area contributed by atoms with Crippen LogP contribution in [-0.4, -0.2) is 93.4 Å². The molecule has 5 aromatic carbocycles. The number of fused-ring (bicyclic) bond motifs is 3. The van der Waals surface area contributed by atoms with Gasteiger partial charge in [0.1, 0.15) is 89.6 Å². The zero-order valence-corrected chi connectivity index (χ0v) is 24.9.